The average molecular weight is 222 g/mol. The number of rotatable bonds is 4. The number of ether oxygens (including phenoxy) is 2. The molecule has 3 heteroatoms. The molecule has 1 aromatic carbocycles. The fourth-order valence-corrected chi connectivity index (χ4v) is 1.75. The van der Waals surface area contributed by atoms with Crippen LogP contribution in [-0.2, 0) is 4.74 Å². The van der Waals surface area contributed by atoms with Crippen molar-refractivity contribution in [3.63, 3.8) is 0 Å². The topological polar surface area (TPSA) is 38.7 Å². The van der Waals surface area contributed by atoms with E-state index in [0.29, 0.717) is 18.3 Å². The van der Waals surface area contributed by atoms with Gasteiger partial charge in [0.2, 0.25) is 0 Å². The minimum absolute atomic E-state index is 0.144. The molecular formula is C13H18O3. The van der Waals surface area contributed by atoms with E-state index in [1.807, 2.05) is 6.07 Å². The van der Waals surface area contributed by atoms with E-state index in [9.17, 15) is 5.11 Å². The van der Waals surface area contributed by atoms with E-state index in [1.54, 1.807) is 18.2 Å². The lowest BCUT2D eigenvalue weighted by atomic mass is 9.76. The number of phenolic OH excluding ortho intramolecular Hbond substituents is 1. The summed E-state index contributed by atoms with van der Waals surface area (Å²) >= 11 is 0. The Bertz CT molecular complexity index is 356. The molecule has 1 aromatic rings. The van der Waals surface area contributed by atoms with Gasteiger partial charge in [0.15, 0.2) is 0 Å². The van der Waals surface area contributed by atoms with Crippen LogP contribution in [0.5, 0.6) is 11.5 Å². The van der Waals surface area contributed by atoms with Crippen molar-refractivity contribution in [2.45, 2.75) is 13.8 Å². The Labute approximate surface area is 96.0 Å². The van der Waals surface area contributed by atoms with Gasteiger partial charge in [0.1, 0.15) is 11.5 Å². The van der Waals surface area contributed by atoms with Crippen molar-refractivity contribution in [3.8, 4) is 11.5 Å². The van der Waals surface area contributed by atoms with Crippen LogP contribution in [0.15, 0.2) is 24.3 Å². The lowest BCUT2D eigenvalue weighted by Crippen LogP contribution is -2.50. The lowest BCUT2D eigenvalue weighted by Gasteiger charge is -2.44. The molecular weight excluding hydrogens is 204 g/mol. The molecule has 0 spiro atoms. The van der Waals surface area contributed by atoms with Crippen molar-refractivity contribution < 1.29 is 14.6 Å². The molecule has 0 bridgehead atoms. The molecule has 0 radical (unpaired) electrons. The maximum Gasteiger partial charge on any atom is 0.123 e. The third-order valence-corrected chi connectivity index (χ3v) is 3.35. The first-order valence-electron chi connectivity index (χ1n) is 5.62. The standard InChI is InChI=1S/C13H18O3/c1-10(2)13(7-15-8-13)9-16-12-5-3-4-11(14)6-12/h3-6,10,14H,7-9H2,1-2H3. The van der Waals surface area contributed by atoms with Gasteiger partial charge in [-0.2, -0.15) is 0 Å². The van der Waals surface area contributed by atoms with Crippen molar-refractivity contribution in [1.29, 1.82) is 0 Å². The van der Waals surface area contributed by atoms with Gasteiger partial charge in [-0.15, -0.1) is 0 Å². The molecule has 1 aliphatic rings. The van der Waals surface area contributed by atoms with Crippen LogP contribution in [0, 0.1) is 11.3 Å². The molecule has 1 heterocycles. The molecule has 0 aromatic heterocycles. The third-order valence-electron chi connectivity index (χ3n) is 3.35. The molecule has 88 valence electrons. The summed E-state index contributed by atoms with van der Waals surface area (Å²) in [4.78, 5) is 0. The van der Waals surface area contributed by atoms with E-state index in [0.717, 1.165) is 13.2 Å². The second-order valence-electron chi connectivity index (χ2n) is 4.80. The van der Waals surface area contributed by atoms with Crippen molar-refractivity contribution in [1.82, 2.24) is 0 Å². The normalized spacial score (nSPS) is 18.2. The SMILES string of the molecule is CC(C)C1(COc2cccc(O)c2)COC1. The summed E-state index contributed by atoms with van der Waals surface area (Å²) in [5.74, 6) is 1.49. The minimum Gasteiger partial charge on any atom is -0.508 e. The molecule has 0 amide bonds. The molecule has 16 heavy (non-hydrogen) atoms. The van der Waals surface area contributed by atoms with Crippen molar-refractivity contribution >= 4 is 0 Å². The van der Waals surface area contributed by atoms with Gasteiger partial charge in [-0.3, -0.25) is 0 Å². The van der Waals surface area contributed by atoms with E-state index < -0.39 is 0 Å². The van der Waals surface area contributed by atoms with Gasteiger partial charge in [-0.05, 0) is 18.1 Å². The summed E-state index contributed by atoms with van der Waals surface area (Å²) in [6.07, 6.45) is 0. The van der Waals surface area contributed by atoms with Crippen molar-refractivity contribution in [2.24, 2.45) is 11.3 Å². The summed E-state index contributed by atoms with van der Waals surface area (Å²) in [6.45, 7) is 6.56. The van der Waals surface area contributed by atoms with Crippen LogP contribution in [-0.4, -0.2) is 24.9 Å². The Morgan fingerprint density at radius 1 is 1.44 bits per heavy atom. The minimum atomic E-state index is 0.144. The highest BCUT2D eigenvalue weighted by Crippen LogP contribution is 2.36. The van der Waals surface area contributed by atoms with Crippen LogP contribution >= 0.6 is 0 Å². The monoisotopic (exact) mass is 222 g/mol. The predicted molar refractivity (Wildman–Crippen MR) is 61.7 cm³/mol. The fourth-order valence-electron chi connectivity index (χ4n) is 1.75. The Kier molecular flexibility index (Phi) is 3.06. The van der Waals surface area contributed by atoms with Gasteiger partial charge in [0.05, 0.1) is 25.2 Å². The van der Waals surface area contributed by atoms with Gasteiger partial charge < -0.3 is 14.6 Å². The first-order valence-corrected chi connectivity index (χ1v) is 5.62. The molecule has 1 fully saturated rings. The molecule has 0 saturated carbocycles. The molecule has 3 nitrogen and oxygen atoms in total. The van der Waals surface area contributed by atoms with Crippen LogP contribution < -0.4 is 4.74 Å². The average Bonchev–Trinajstić information content (AvgIpc) is 2.15. The van der Waals surface area contributed by atoms with Gasteiger partial charge in [-0.1, -0.05) is 19.9 Å². The van der Waals surface area contributed by atoms with Gasteiger partial charge in [0.25, 0.3) is 0 Å². The highest BCUT2D eigenvalue weighted by atomic mass is 16.5. The molecule has 0 aliphatic carbocycles. The van der Waals surface area contributed by atoms with Crippen LogP contribution in [0.2, 0.25) is 0 Å². The predicted octanol–water partition coefficient (Wildman–Crippen LogP) is 2.44. The lowest BCUT2D eigenvalue weighted by molar-refractivity contribution is -0.156. The zero-order chi connectivity index (χ0) is 11.6. The van der Waals surface area contributed by atoms with Crippen molar-refractivity contribution in [3.05, 3.63) is 24.3 Å². The smallest absolute Gasteiger partial charge is 0.123 e. The van der Waals surface area contributed by atoms with Crippen molar-refractivity contribution in [2.75, 3.05) is 19.8 Å². The molecule has 0 unspecified atom stereocenters. The van der Waals surface area contributed by atoms with Gasteiger partial charge in [-0.25, -0.2) is 0 Å². The Morgan fingerprint density at radius 2 is 2.19 bits per heavy atom. The van der Waals surface area contributed by atoms with Crippen LogP contribution in [0.3, 0.4) is 0 Å². The second-order valence-corrected chi connectivity index (χ2v) is 4.80. The van der Waals surface area contributed by atoms with Gasteiger partial charge >= 0.3 is 0 Å². The number of benzene rings is 1. The summed E-state index contributed by atoms with van der Waals surface area (Å²) in [6, 6.07) is 6.91. The first kappa shape index (κ1) is 11.3. The zero-order valence-corrected chi connectivity index (χ0v) is 9.77. The number of hydrogen-bond donors (Lipinski definition) is 1. The molecule has 2 rings (SSSR count). The quantitative estimate of drug-likeness (QED) is 0.850. The molecule has 1 aliphatic heterocycles. The summed E-state index contributed by atoms with van der Waals surface area (Å²) < 4.78 is 11.0. The highest BCUT2D eigenvalue weighted by Gasteiger charge is 2.42. The van der Waals surface area contributed by atoms with E-state index in [2.05, 4.69) is 13.8 Å². The Balaban J connectivity index is 1.96. The number of phenols is 1. The zero-order valence-electron chi connectivity index (χ0n) is 9.77. The van der Waals surface area contributed by atoms with E-state index >= 15 is 0 Å². The Morgan fingerprint density at radius 3 is 2.69 bits per heavy atom. The maximum absolute atomic E-state index is 9.32. The maximum atomic E-state index is 9.32. The van der Waals surface area contributed by atoms with Crippen LogP contribution in [0.25, 0.3) is 0 Å². The first-order chi connectivity index (χ1) is 7.62. The van der Waals surface area contributed by atoms with E-state index in [4.69, 9.17) is 9.47 Å². The highest BCUT2D eigenvalue weighted by molar-refractivity contribution is 5.31. The summed E-state index contributed by atoms with van der Waals surface area (Å²) in [5.41, 5.74) is 0.144. The summed E-state index contributed by atoms with van der Waals surface area (Å²) in [5, 5.41) is 9.32. The van der Waals surface area contributed by atoms with Gasteiger partial charge in [0, 0.05) is 6.07 Å². The number of hydrogen-bond acceptors (Lipinski definition) is 3. The fraction of sp³-hybridized carbons (Fsp3) is 0.538. The summed E-state index contributed by atoms with van der Waals surface area (Å²) in [7, 11) is 0. The van der Waals surface area contributed by atoms with E-state index in [-0.39, 0.29) is 11.2 Å². The van der Waals surface area contributed by atoms with E-state index in [1.165, 1.54) is 0 Å². The largest absolute Gasteiger partial charge is 0.508 e. The van der Waals surface area contributed by atoms with Crippen LogP contribution in [0.1, 0.15) is 13.8 Å². The third kappa shape index (κ3) is 2.14. The Hall–Kier alpha value is -1.22. The second kappa shape index (κ2) is 4.34. The number of aromatic hydroxyl groups is 1. The molecule has 1 N–H and O–H groups in total. The molecule has 0 atom stereocenters. The molecule has 1 saturated heterocycles. The van der Waals surface area contributed by atoms with Crippen LogP contribution in [0.4, 0.5) is 0 Å².